The summed E-state index contributed by atoms with van der Waals surface area (Å²) in [7, 11) is 0. The highest BCUT2D eigenvalue weighted by atomic mass is 19.4. The Morgan fingerprint density at radius 2 is 1.79 bits per heavy atom. The summed E-state index contributed by atoms with van der Waals surface area (Å²) in [5.74, 6) is -6.27. The zero-order chi connectivity index (χ0) is 11.6. The Morgan fingerprint density at radius 1 is 1.36 bits per heavy atom. The van der Waals surface area contributed by atoms with E-state index in [9.17, 15) is 26.7 Å². The fourth-order valence-electron chi connectivity index (χ4n) is 0.446. The van der Waals surface area contributed by atoms with Crippen molar-refractivity contribution in [3.8, 4) is 0 Å². The molecule has 0 bridgehead atoms. The number of carbonyl (C=O) groups excluding carboxylic acids is 1. The minimum Gasteiger partial charge on any atom is -0.384 e. The third kappa shape index (κ3) is 3.44. The number of carbonyl (C=O) groups is 1. The van der Waals surface area contributed by atoms with E-state index in [4.69, 9.17) is 5.11 Å². The van der Waals surface area contributed by atoms with Crippen LogP contribution < -0.4 is 5.32 Å². The molecule has 0 aliphatic rings. The highest BCUT2D eigenvalue weighted by molar-refractivity contribution is 5.79. The zero-order valence-electron chi connectivity index (χ0n) is 7.03. The van der Waals surface area contributed by atoms with Crippen molar-refractivity contribution in [2.75, 3.05) is 6.54 Å². The van der Waals surface area contributed by atoms with Gasteiger partial charge in [-0.15, -0.1) is 0 Å². The fraction of sp³-hybridized carbons (Fsp3) is 0.833. The van der Waals surface area contributed by atoms with Gasteiger partial charge in [0.15, 0.2) is 0 Å². The fourth-order valence-corrected chi connectivity index (χ4v) is 0.446. The quantitative estimate of drug-likeness (QED) is 0.688. The number of amides is 1. The molecule has 84 valence electrons. The van der Waals surface area contributed by atoms with Crippen molar-refractivity contribution < 1.29 is 31.9 Å². The first-order valence-corrected chi connectivity index (χ1v) is 3.48. The van der Waals surface area contributed by atoms with Crippen LogP contribution in [-0.4, -0.2) is 35.8 Å². The second-order valence-electron chi connectivity index (χ2n) is 2.60. The average molecular weight is 221 g/mol. The van der Waals surface area contributed by atoms with Gasteiger partial charge in [0, 0.05) is 0 Å². The number of hydrogen-bond donors (Lipinski definition) is 2. The van der Waals surface area contributed by atoms with E-state index in [1.54, 1.807) is 0 Å². The number of nitrogens with one attached hydrogen (secondary N) is 1. The van der Waals surface area contributed by atoms with Crippen LogP contribution in [0.2, 0.25) is 0 Å². The zero-order valence-corrected chi connectivity index (χ0v) is 7.03. The van der Waals surface area contributed by atoms with Gasteiger partial charge in [-0.3, -0.25) is 4.79 Å². The molecule has 1 unspecified atom stereocenters. The molecule has 8 heteroatoms. The number of alkyl halides is 5. The van der Waals surface area contributed by atoms with Crippen LogP contribution in [0.4, 0.5) is 22.0 Å². The molecular weight excluding hydrogens is 213 g/mol. The predicted octanol–water partition coefficient (Wildman–Crippen LogP) is 0.681. The number of hydrogen-bond acceptors (Lipinski definition) is 2. The normalized spacial score (nSPS) is 15.1. The highest BCUT2D eigenvalue weighted by Gasteiger charge is 2.57. The second kappa shape index (κ2) is 4.07. The minimum absolute atomic E-state index is 0.946. The van der Waals surface area contributed by atoms with Gasteiger partial charge in [0.05, 0.1) is 6.54 Å². The first kappa shape index (κ1) is 13.1. The lowest BCUT2D eigenvalue weighted by Crippen LogP contribution is -2.48. The standard InChI is InChI=1S/C6H8F5NO2/c1-3(13)4(14)12-2-5(7,8)6(9,10)11/h3,13H,2H2,1H3,(H,12,14). The minimum atomic E-state index is -5.71. The van der Waals surface area contributed by atoms with Crippen LogP contribution in [0.25, 0.3) is 0 Å². The van der Waals surface area contributed by atoms with E-state index < -0.39 is 30.7 Å². The number of aliphatic hydroxyl groups is 1. The Bertz CT molecular complexity index is 213. The van der Waals surface area contributed by atoms with E-state index in [1.807, 2.05) is 0 Å². The van der Waals surface area contributed by atoms with Crippen LogP contribution in [0.5, 0.6) is 0 Å². The van der Waals surface area contributed by atoms with Crippen molar-refractivity contribution in [1.29, 1.82) is 0 Å². The molecule has 0 saturated heterocycles. The summed E-state index contributed by atoms with van der Waals surface area (Å²) in [4.78, 5) is 10.5. The first-order chi connectivity index (χ1) is 6.08. The Hall–Kier alpha value is -0.920. The topological polar surface area (TPSA) is 49.3 Å². The lowest BCUT2D eigenvalue weighted by Gasteiger charge is -2.20. The molecule has 0 radical (unpaired) electrons. The third-order valence-electron chi connectivity index (χ3n) is 1.28. The molecule has 0 fully saturated rings. The molecule has 2 N–H and O–H groups in total. The molecule has 0 rings (SSSR count). The average Bonchev–Trinajstić information content (AvgIpc) is 1.97. The highest BCUT2D eigenvalue weighted by Crippen LogP contribution is 2.34. The van der Waals surface area contributed by atoms with Gasteiger partial charge >= 0.3 is 12.1 Å². The van der Waals surface area contributed by atoms with Crippen molar-refractivity contribution >= 4 is 5.91 Å². The molecule has 0 aliphatic carbocycles. The van der Waals surface area contributed by atoms with Gasteiger partial charge in [-0.1, -0.05) is 0 Å². The van der Waals surface area contributed by atoms with Crippen molar-refractivity contribution in [3.05, 3.63) is 0 Å². The molecular formula is C6H8F5NO2. The van der Waals surface area contributed by atoms with Crippen LogP contribution in [0.3, 0.4) is 0 Å². The predicted molar refractivity (Wildman–Crippen MR) is 35.7 cm³/mol. The van der Waals surface area contributed by atoms with Gasteiger partial charge in [0.2, 0.25) is 5.91 Å². The maximum absolute atomic E-state index is 12.1. The van der Waals surface area contributed by atoms with Gasteiger partial charge in [-0.05, 0) is 6.92 Å². The molecule has 0 aromatic rings. The van der Waals surface area contributed by atoms with Gasteiger partial charge in [0.25, 0.3) is 0 Å². The first-order valence-electron chi connectivity index (χ1n) is 3.48. The van der Waals surface area contributed by atoms with Gasteiger partial charge < -0.3 is 10.4 Å². The largest absolute Gasteiger partial charge is 0.455 e. The Balaban J connectivity index is 4.20. The van der Waals surface area contributed by atoms with Gasteiger partial charge in [-0.2, -0.15) is 22.0 Å². The number of rotatable bonds is 3. The van der Waals surface area contributed by atoms with Gasteiger partial charge in [-0.25, -0.2) is 0 Å². The monoisotopic (exact) mass is 221 g/mol. The van der Waals surface area contributed by atoms with Crippen LogP contribution in [0, 0.1) is 0 Å². The molecule has 0 spiro atoms. The SMILES string of the molecule is CC(O)C(=O)NCC(F)(F)C(F)(F)F. The summed E-state index contributed by atoms with van der Waals surface area (Å²) in [6.07, 6.45) is -7.34. The Labute approximate surface area is 75.9 Å². The van der Waals surface area contributed by atoms with Gasteiger partial charge in [0.1, 0.15) is 6.10 Å². The molecule has 0 aromatic heterocycles. The molecule has 1 amide bonds. The van der Waals surface area contributed by atoms with E-state index in [2.05, 4.69) is 0 Å². The van der Waals surface area contributed by atoms with Crippen LogP contribution in [-0.2, 0) is 4.79 Å². The van der Waals surface area contributed by atoms with Crippen LogP contribution in [0.15, 0.2) is 0 Å². The van der Waals surface area contributed by atoms with Crippen molar-refractivity contribution in [2.24, 2.45) is 0 Å². The molecule has 1 atom stereocenters. The molecule has 0 aliphatic heterocycles. The van der Waals surface area contributed by atoms with Crippen LogP contribution >= 0.6 is 0 Å². The lowest BCUT2D eigenvalue weighted by molar-refractivity contribution is -0.278. The van der Waals surface area contributed by atoms with E-state index in [0.29, 0.717) is 0 Å². The smallest absolute Gasteiger partial charge is 0.384 e. The molecule has 0 heterocycles. The second-order valence-corrected chi connectivity index (χ2v) is 2.60. The van der Waals surface area contributed by atoms with Crippen molar-refractivity contribution in [2.45, 2.75) is 25.1 Å². The maximum Gasteiger partial charge on any atom is 0.455 e. The summed E-state index contributed by atoms with van der Waals surface area (Å²) in [5.41, 5.74) is 0. The number of aliphatic hydroxyl groups excluding tert-OH is 1. The molecule has 3 nitrogen and oxygen atoms in total. The molecule has 0 aromatic carbocycles. The van der Waals surface area contributed by atoms with E-state index >= 15 is 0 Å². The number of halogens is 5. The summed E-state index contributed by atoms with van der Waals surface area (Å²) in [6.45, 7) is -0.929. The molecule has 14 heavy (non-hydrogen) atoms. The maximum atomic E-state index is 12.1. The van der Waals surface area contributed by atoms with E-state index in [0.717, 1.165) is 6.92 Å². The van der Waals surface area contributed by atoms with E-state index in [-0.39, 0.29) is 0 Å². The molecule has 0 saturated carbocycles. The van der Waals surface area contributed by atoms with Crippen molar-refractivity contribution in [3.63, 3.8) is 0 Å². The van der Waals surface area contributed by atoms with Crippen LogP contribution in [0.1, 0.15) is 6.92 Å². The lowest BCUT2D eigenvalue weighted by atomic mass is 10.3. The summed E-state index contributed by atoms with van der Waals surface area (Å²) >= 11 is 0. The Morgan fingerprint density at radius 3 is 2.07 bits per heavy atom. The summed E-state index contributed by atoms with van der Waals surface area (Å²) < 4.78 is 58.8. The third-order valence-corrected chi connectivity index (χ3v) is 1.28. The summed E-state index contributed by atoms with van der Waals surface area (Å²) in [6, 6.07) is 0. The van der Waals surface area contributed by atoms with Crippen molar-refractivity contribution in [1.82, 2.24) is 5.32 Å². The van der Waals surface area contributed by atoms with E-state index in [1.165, 1.54) is 5.32 Å². The Kier molecular flexibility index (Phi) is 3.81. The summed E-state index contributed by atoms with van der Waals surface area (Å²) in [5, 5.41) is 9.75.